The highest BCUT2D eigenvalue weighted by atomic mass is 15.4. The van der Waals surface area contributed by atoms with Gasteiger partial charge in [0.1, 0.15) is 5.82 Å². The Bertz CT molecular complexity index is 2040. The van der Waals surface area contributed by atoms with Crippen LogP contribution in [0.25, 0.3) is 32.3 Å². The summed E-state index contributed by atoms with van der Waals surface area (Å²) in [4.78, 5) is 12.4. The summed E-state index contributed by atoms with van der Waals surface area (Å²) in [7, 11) is 2.29. The maximum atomic E-state index is 4.91. The summed E-state index contributed by atoms with van der Waals surface area (Å²) < 4.78 is 0. The second-order valence-corrected chi connectivity index (χ2v) is 13.0. The Morgan fingerprint density at radius 3 is 2.13 bits per heavy atom. The number of benzene rings is 5. The molecule has 1 fully saturated rings. The number of para-hydroxylation sites is 1. The second kappa shape index (κ2) is 11.4. The van der Waals surface area contributed by atoms with Crippen LogP contribution in [0.2, 0.25) is 0 Å². The van der Waals surface area contributed by atoms with Crippen LogP contribution in [-0.2, 0) is 0 Å². The molecule has 2 heterocycles. The Morgan fingerprint density at radius 1 is 0.756 bits per heavy atom. The molecule has 0 bridgehead atoms. The molecule has 1 aliphatic heterocycles. The number of hydrogen-bond donors (Lipinski definition) is 0. The zero-order valence-electron chi connectivity index (χ0n) is 26.4. The number of aromatic nitrogens is 1. The van der Waals surface area contributed by atoms with E-state index in [1.165, 1.54) is 55.8 Å². The number of hydrogen-bond acceptors (Lipinski definition) is 4. The smallest absolute Gasteiger partial charge is 0.137 e. The van der Waals surface area contributed by atoms with Gasteiger partial charge in [-0.25, -0.2) is 4.98 Å². The highest BCUT2D eigenvalue weighted by Gasteiger charge is 2.31. The third-order valence-corrected chi connectivity index (χ3v) is 9.84. The molecule has 2 atom stereocenters. The molecule has 2 unspecified atom stereocenters. The van der Waals surface area contributed by atoms with Gasteiger partial charge in [0.15, 0.2) is 0 Å². The molecule has 8 rings (SSSR count). The van der Waals surface area contributed by atoms with Crippen LogP contribution in [0.15, 0.2) is 121 Å². The summed E-state index contributed by atoms with van der Waals surface area (Å²) in [5, 5.41) is 7.75. The molecule has 6 aromatic rings. The van der Waals surface area contributed by atoms with Gasteiger partial charge in [0.2, 0.25) is 0 Å². The Morgan fingerprint density at radius 2 is 1.47 bits per heavy atom. The number of anilines is 4. The van der Waals surface area contributed by atoms with Crippen molar-refractivity contribution in [1.29, 1.82) is 0 Å². The zero-order chi connectivity index (χ0) is 30.5. The maximum Gasteiger partial charge on any atom is 0.137 e. The summed E-state index contributed by atoms with van der Waals surface area (Å²) in [6.07, 6.45) is 13.6. The van der Waals surface area contributed by atoms with E-state index >= 15 is 0 Å². The maximum absolute atomic E-state index is 4.91. The largest absolute Gasteiger partial charge is 0.325 e. The fraction of sp³-hybridized carbons (Fsp3) is 0.244. The molecule has 0 amide bonds. The van der Waals surface area contributed by atoms with E-state index in [4.69, 9.17) is 4.98 Å². The number of pyridine rings is 1. The highest BCUT2D eigenvalue weighted by Crippen LogP contribution is 2.46. The van der Waals surface area contributed by atoms with Crippen molar-refractivity contribution in [3.8, 4) is 0 Å². The SMILES string of the molecule is Cc1ccc(N(C2=CCCC=C2)c2ccc3ccc4c(N(c5ccccc5)C5CCC(C)CN5C)ccc5ccc2c3c54)nc1. The van der Waals surface area contributed by atoms with E-state index in [1.807, 2.05) is 6.20 Å². The van der Waals surface area contributed by atoms with Gasteiger partial charge in [-0.15, -0.1) is 0 Å². The summed E-state index contributed by atoms with van der Waals surface area (Å²) in [5.41, 5.74) is 6.02. The molecule has 5 aromatic carbocycles. The van der Waals surface area contributed by atoms with E-state index in [1.54, 1.807) is 0 Å². The zero-order valence-corrected chi connectivity index (χ0v) is 26.4. The Kier molecular flexibility index (Phi) is 7.03. The first-order valence-electron chi connectivity index (χ1n) is 16.4. The van der Waals surface area contributed by atoms with Crippen molar-refractivity contribution < 1.29 is 0 Å². The lowest BCUT2D eigenvalue weighted by Crippen LogP contribution is -2.49. The van der Waals surface area contributed by atoms with E-state index in [0.29, 0.717) is 12.1 Å². The Balaban J connectivity index is 1.36. The molecule has 4 nitrogen and oxygen atoms in total. The molecule has 0 spiro atoms. The molecule has 1 aliphatic carbocycles. The lowest BCUT2D eigenvalue weighted by atomic mass is 9.91. The monoisotopic (exact) mass is 588 g/mol. The number of likely N-dealkylation sites (tertiary alicyclic amines) is 1. The number of aryl methyl sites for hydroxylation is 1. The van der Waals surface area contributed by atoms with E-state index in [9.17, 15) is 0 Å². The molecule has 4 heteroatoms. The van der Waals surface area contributed by atoms with Crippen LogP contribution in [0, 0.1) is 12.8 Å². The van der Waals surface area contributed by atoms with Crippen molar-refractivity contribution in [3.63, 3.8) is 0 Å². The van der Waals surface area contributed by atoms with Crippen LogP contribution in [0.1, 0.15) is 38.2 Å². The first kappa shape index (κ1) is 27.8. The van der Waals surface area contributed by atoms with Gasteiger partial charge in [-0.3, -0.25) is 9.80 Å². The molecule has 224 valence electrons. The van der Waals surface area contributed by atoms with E-state index < -0.39 is 0 Å². The fourth-order valence-corrected chi connectivity index (χ4v) is 7.67. The number of nitrogens with zero attached hydrogens (tertiary/aromatic N) is 4. The van der Waals surface area contributed by atoms with E-state index in [2.05, 4.69) is 145 Å². The molecule has 45 heavy (non-hydrogen) atoms. The molecule has 0 saturated carbocycles. The van der Waals surface area contributed by atoms with Crippen LogP contribution in [0.4, 0.5) is 22.9 Å². The number of piperidine rings is 1. The molecule has 0 radical (unpaired) electrons. The molecule has 0 N–H and O–H groups in total. The van der Waals surface area contributed by atoms with Crippen LogP contribution in [0.3, 0.4) is 0 Å². The quantitative estimate of drug-likeness (QED) is 0.181. The van der Waals surface area contributed by atoms with Crippen LogP contribution >= 0.6 is 0 Å². The van der Waals surface area contributed by atoms with Gasteiger partial charge in [-0.2, -0.15) is 0 Å². The van der Waals surface area contributed by atoms with Gasteiger partial charge in [0.05, 0.1) is 17.5 Å². The minimum absolute atomic E-state index is 0.297. The van der Waals surface area contributed by atoms with Gasteiger partial charge >= 0.3 is 0 Å². The standard InChI is InChI=1S/C41H40N4/c1-28-14-24-38(42-26-28)44(32-10-6-4-7-11-32)36-22-18-30-17-21-35-37(23-19-31-16-20-34(36)40(30)41(31)35)45(33-12-8-5-9-13-33)39-25-15-29(2)27-43(39)3/h5-6,8-14,16-24,26,29,39H,4,7,15,25,27H2,1-3H3. The van der Waals surface area contributed by atoms with Crippen LogP contribution < -0.4 is 9.80 Å². The van der Waals surface area contributed by atoms with Crippen molar-refractivity contribution in [2.24, 2.45) is 5.92 Å². The minimum Gasteiger partial charge on any atom is -0.325 e. The molecule has 1 aromatic heterocycles. The third kappa shape index (κ3) is 4.85. The summed E-state index contributed by atoms with van der Waals surface area (Å²) in [5.74, 6) is 1.66. The van der Waals surface area contributed by atoms with Crippen LogP contribution in [-0.4, -0.2) is 29.6 Å². The second-order valence-electron chi connectivity index (χ2n) is 13.0. The number of rotatable bonds is 6. The Labute approximate surface area is 266 Å². The lowest BCUT2D eigenvalue weighted by Gasteiger charge is -2.44. The number of allylic oxidation sites excluding steroid dienone is 3. The molecular formula is C41H40N4. The van der Waals surface area contributed by atoms with Crippen molar-refractivity contribution in [2.75, 3.05) is 23.4 Å². The van der Waals surface area contributed by atoms with Crippen molar-refractivity contribution in [1.82, 2.24) is 9.88 Å². The van der Waals surface area contributed by atoms with Gasteiger partial charge < -0.3 is 4.90 Å². The van der Waals surface area contributed by atoms with Gasteiger partial charge in [-0.05, 0) is 109 Å². The van der Waals surface area contributed by atoms with Gasteiger partial charge in [0.25, 0.3) is 0 Å². The summed E-state index contributed by atoms with van der Waals surface area (Å²) >= 11 is 0. The van der Waals surface area contributed by atoms with Gasteiger partial charge in [-0.1, -0.05) is 79.7 Å². The third-order valence-electron chi connectivity index (χ3n) is 9.84. The van der Waals surface area contributed by atoms with Crippen molar-refractivity contribution in [3.05, 3.63) is 127 Å². The van der Waals surface area contributed by atoms with Crippen molar-refractivity contribution >= 4 is 55.2 Å². The minimum atomic E-state index is 0.297. The fourth-order valence-electron chi connectivity index (χ4n) is 7.67. The average molecular weight is 589 g/mol. The highest BCUT2D eigenvalue weighted by molar-refractivity contribution is 6.27. The molecule has 1 saturated heterocycles. The first-order valence-corrected chi connectivity index (χ1v) is 16.4. The summed E-state index contributed by atoms with van der Waals surface area (Å²) in [6, 6.07) is 33.8. The predicted octanol–water partition coefficient (Wildman–Crippen LogP) is 10.5. The van der Waals surface area contributed by atoms with E-state index in [0.717, 1.165) is 42.9 Å². The van der Waals surface area contributed by atoms with E-state index in [-0.39, 0.29) is 0 Å². The normalized spacial score (nSPS) is 19.0. The first-order chi connectivity index (χ1) is 22.1. The van der Waals surface area contributed by atoms with Gasteiger partial charge in [0, 0.05) is 34.9 Å². The lowest BCUT2D eigenvalue weighted by molar-refractivity contribution is 0.149. The molecular weight excluding hydrogens is 548 g/mol. The summed E-state index contributed by atoms with van der Waals surface area (Å²) in [6.45, 7) is 5.58. The average Bonchev–Trinajstić information content (AvgIpc) is 3.07. The predicted molar refractivity (Wildman–Crippen MR) is 191 cm³/mol. The Hall–Kier alpha value is -4.67. The molecule has 2 aliphatic rings. The van der Waals surface area contributed by atoms with Crippen LogP contribution in [0.5, 0.6) is 0 Å². The van der Waals surface area contributed by atoms with Crippen molar-refractivity contribution in [2.45, 2.75) is 45.7 Å². The topological polar surface area (TPSA) is 22.6 Å².